The summed E-state index contributed by atoms with van der Waals surface area (Å²) in [5.74, 6) is 2.29. The molecule has 190 valence electrons. The molecule has 34 heavy (non-hydrogen) atoms. The monoisotopic (exact) mass is 495 g/mol. The Labute approximate surface area is 201 Å². The maximum atomic E-state index is 12.3. The Morgan fingerprint density at radius 3 is 2.62 bits per heavy atom. The predicted molar refractivity (Wildman–Crippen MR) is 132 cm³/mol. The van der Waals surface area contributed by atoms with E-state index in [1.165, 1.54) is 0 Å². The lowest BCUT2D eigenvalue weighted by Crippen LogP contribution is -2.44. The van der Waals surface area contributed by atoms with Gasteiger partial charge in [-0.2, -0.15) is 15.1 Å². The zero-order valence-electron chi connectivity index (χ0n) is 20.5. The molecule has 2 aromatic rings. The molecule has 2 aromatic heterocycles. The van der Waals surface area contributed by atoms with Gasteiger partial charge in [0.2, 0.25) is 21.9 Å². The number of aromatic nitrogens is 4. The molecule has 1 saturated heterocycles. The number of aromatic amines is 1. The van der Waals surface area contributed by atoms with Crippen molar-refractivity contribution in [3.05, 3.63) is 0 Å². The number of ether oxygens (including phenoxy) is 2. The summed E-state index contributed by atoms with van der Waals surface area (Å²) in [6, 6.07) is 0.347. The first-order valence-electron chi connectivity index (χ1n) is 12.2. The normalized spacial score (nSPS) is 24.0. The van der Waals surface area contributed by atoms with E-state index in [-0.39, 0.29) is 23.9 Å². The molecule has 3 heterocycles. The largest absolute Gasteiger partial charge is 0.480 e. The van der Waals surface area contributed by atoms with Gasteiger partial charge in [-0.1, -0.05) is 13.8 Å². The van der Waals surface area contributed by atoms with Gasteiger partial charge in [0.1, 0.15) is 5.39 Å². The number of hydrogen-bond acceptors (Lipinski definition) is 9. The van der Waals surface area contributed by atoms with Gasteiger partial charge in [-0.15, -0.1) is 0 Å². The van der Waals surface area contributed by atoms with Crippen LogP contribution in [0.5, 0.6) is 5.88 Å². The summed E-state index contributed by atoms with van der Waals surface area (Å²) >= 11 is 0. The van der Waals surface area contributed by atoms with Gasteiger partial charge in [0.05, 0.1) is 32.1 Å². The third-order valence-corrected chi connectivity index (χ3v) is 8.04. The van der Waals surface area contributed by atoms with Crippen LogP contribution in [0.4, 0.5) is 11.8 Å². The fraction of sp³-hybridized carbons (Fsp3) is 0.773. The van der Waals surface area contributed by atoms with Crippen molar-refractivity contribution in [3.63, 3.8) is 0 Å². The summed E-state index contributed by atoms with van der Waals surface area (Å²) in [6.45, 7) is 8.21. The molecule has 0 radical (unpaired) electrons. The van der Waals surface area contributed by atoms with E-state index < -0.39 is 10.0 Å². The van der Waals surface area contributed by atoms with Crippen LogP contribution in [0, 0.1) is 5.92 Å². The van der Waals surface area contributed by atoms with Gasteiger partial charge in [0, 0.05) is 18.6 Å². The molecule has 12 heteroatoms. The number of morpholine rings is 1. The molecule has 0 bridgehead atoms. The minimum atomic E-state index is -3.23. The smallest absolute Gasteiger partial charge is 0.231 e. The van der Waals surface area contributed by atoms with Crippen molar-refractivity contribution in [1.29, 1.82) is 0 Å². The summed E-state index contributed by atoms with van der Waals surface area (Å²) < 4.78 is 38.7. The van der Waals surface area contributed by atoms with Gasteiger partial charge in [-0.25, -0.2) is 13.1 Å². The predicted octanol–water partition coefficient (Wildman–Crippen LogP) is 2.28. The Bertz CT molecular complexity index is 1070. The van der Waals surface area contributed by atoms with Crippen molar-refractivity contribution < 1.29 is 17.9 Å². The highest BCUT2D eigenvalue weighted by molar-refractivity contribution is 7.89. The van der Waals surface area contributed by atoms with Crippen LogP contribution in [-0.4, -0.2) is 79.3 Å². The zero-order valence-corrected chi connectivity index (χ0v) is 21.3. The van der Waals surface area contributed by atoms with Crippen molar-refractivity contribution in [2.24, 2.45) is 5.92 Å². The van der Waals surface area contributed by atoms with Crippen molar-refractivity contribution in [3.8, 4) is 5.88 Å². The van der Waals surface area contributed by atoms with Crippen LogP contribution < -0.4 is 19.7 Å². The summed E-state index contributed by atoms with van der Waals surface area (Å²) in [5, 5.41) is 11.7. The van der Waals surface area contributed by atoms with Crippen LogP contribution in [0.2, 0.25) is 0 Å². The van der Waals surface area contributed by atoms with Gasteiger partial charge >= 0.3 is 0 Å². The number of hydrogen-bond donors (Lipinski definition) is 3. The number of rotatable bonds is 9. The molecular formula is C22H37N7O4S. The molecular weight excluding hydrogens is 458 g/mol. The summed E-state index contributed by atoms with van der Waals surface area (Å²) in [4.78, 5) is 11.4. The highest BCUT2D eigenvalue weighted by Gasteiger charge is 2.28. The maximum Gasteiger partial charge on any atom is 0.231 e. The molecule has 4 rings (SSSR count). The van der Waals surface area contributed by atoms with Crippen molar-refractivity contribution in [2.75, 3.05) is 42.8 Å². The minimum Gasteiger partial charge on any atom is -0.480 e. The van der Waals surface area contributed by atoms with E-state index in [1.807, 2.05) is 13.8 Å². The van der Waals surface area contributed by atoms with Crippen LogP contribution in [-0.2, 0) is 14.8 Å². The average molecular weight is 496 g/mol. The number of anilines is 2. The van der Waals surface area contributed by atoms with E-state index in [0.29, 0.717) is 43.0 Å². The molecule has 2 aliphatic rings. The third-order valence-electron chi connectivity index (χ3n) is 6.57. The third kappa shape index (κ3) is 5.89. The number of nitrogens with zero attached hydrogens (tertiary/aromatic N) is 4. The first kappa shape index (κ1) is 24.9. The van der Waals surface area contributed by atoms with Gasteiger partial charge < -0.3 is 19.7 Å². The Balaban J connectivity index is 1.40. The average Bonchev–Trinajstić information content (AvgIpc) is 3.22. The SMILES string of the molecule is COc1nc(NC2CCC(NS(=O)(=O)CCC(C)C)CC2)nc2[nH]nc(N3CCOC[C@H]3C)c12. The number of nitrogens with one attached hydrogen (secondary N) is 3. The van der Waals surface area contributed by atoms with Gasteiger partial charge in [0.25, 0.3) is 0 Å². The van der Waals surface area contributed by atoms with Crippen LogP contribution in [0.1, 0.15) is 52.9 Å². The molecule has 0 aromatic carbocycles. The van der Waals surface area contributed by atoms with E-state index in [1.54, 1.807) is 7.11 Å². The van der Waals surface area contributed by atoms with E-state index >= 15 is 0 Å². The lowest BCUT2D eigenvalue weighted by molar-refractivity contribution is 0.0986. The molecule has 0 amide bonds. The van der Waals surface area contributed by atoms with Gasteiger partial charge in [-0.3, -0.25) is 5.10 Å². The van der Waals surface area contributed by atoms with E-state index in [0.717, 1.165) is 43.4 Å². The van der Waals surface area contributed by atoms with Crippen molar-refractivity contribution in [1.82, 2.24) is 24.9 Å². The van der Waals surface area contributed by atoms with E-state index in [2.05, 4.69) is 42.0 Å². The molecule has 3 N–H and O–H groups in total. The summed E-state index contributed by atoms with van der Waals surface area (Å²) in [6.07, 6.45) is 3.90. The quantitative estimate of drug-likeness (QED) is 0.479. The molecule has 0 spiro atoms. The molecule has 2 fully saturated rings. The Morgan fingerprint density at radius 1 is 1.21 bits per heavy atom. The topological polar surface area (TPSA) is 134 Å². The molecule has 1 aliphatic carbocycles. The second-order valence-electron chi connectivity index (χ2n) is 9.76. The standard InChI is InChI=1S/C22H37N7O4S/c1-14(2)9-12-34(30,31)28-17-7-5-16(6-8-17)23-22-24-19-18(21(25-22)32-4)20(27-26-19)29-10-11-33-13-15(29)3/h14-17,28H,5-13H2,1-4H3,(H2,23,24,25,26,27)/t15-,16?,17?/m1/s1. The Hall–Kier alpha value is -2.18. The number of H-pyrrole nitrogens is 1. The van der Waals surface area contributed by atoms with Crippen molar-refractivity contribution >= 4 is 32.8 Å². The van der Waals surface area contributed by atoms with Gasteiger partial charge in [-0.05, 0) is 44.9 Å². The van der Waals surface area contributed by atoms with Crippen molar-refractivity contribution in [2.45, 2.75) is 71.0 Å². The van der Waals surface area contributed by atoms with Crippen LogP contribution >= 0.6 is 0 Å². The first-order chi connectivity index (χ1) is 16.3. The fourth-order valence-electron chi connectivity index (χ4n) is 4.59. The highest BCUT2D eigenvalue weighted by atomic mass is 32.2. The number of sulfonamides is 1. The molecule has 1 aliphatic heterocycles. The Kier molecular flexibility index (Phi) is 7.78. The summed E-state index contributed by atoms with van der Waals surface area (Å²) in [7, 11) is -1.63. The zero-order chi connectivity index (χ0) is 24.3. The van der Waals surface area contributed by atoms with E-state index in [4.69, 9.17) is 9.47 Å². The minimum absolute atomic E-state index is 0.0150. The molecule has 1 saturated carbocycles. The fourth-order valence-corrected chi connectivity index (χ4v) is 6.23. The summed E-state index contributed by atoms with van der Waals surface area (Å²) in [5.41, 5.74) is 0.620. The lowest BCUT2D eigenvalue weighted by atomic mass is 9.92. The molecule has 0 unspecified atom stereocenters. The first-order valence-corrected chi connectivity index (χ1v) is 13.8. The molecule has 11 nitrogen and oxygen atoms in total. The second kappa shape index (κ2) is 10.6. The maximum absolute atomic E-state index is 12.3. The van der Waals surface area contributed by atoms with Crippen LogP contribution in [0.25, 0.3) is 11.0 Å². The van der Waals surface area contributed by atoms with Crippen LogP contribution in [0.3, 0.4) is 0 Å². The number of methoxy groups -OCH3 is 1. The van der Waals surface area contributed by atoms with Gasteiger partial charge in [0.15, 0.2) is 11.5 Å². The second-order valence-corrected chi connectivity index (χ2v) is 11.6. The number of fused-ring (bicyclic) bond motifs is 1. The molecule has 1 atom stereocenters. The Morgan fingerprint density at radius 2 is 1.94 bits per heavy atom. The highest BCUT2D eigenvalue weighted by Crippen LogP contribution is 2.33. The van der Waals surface area contributed by atoms with E-state index in [9.17, 15) is 8.42 Å². The lowest BCUT2D eigenvalue weighted by Gasteiger charge is -2.33. The van der Waals surface area contributed by atoms with Crippen LogP contribution in [0.15, 0.2) is 0 Å².